The van der Waals surface area contributed by atoms with Gasteiger partial charge in [-0.15, -0.1) is 0 Å². The molecule has 0 radical (unpaired) electrons. The fourth-order valence-corrected chi connectivity index (χ4v) is 3.96. The monoisotopic (exact) mass is 276 g/mol. The normalized spacial score (nSPS) is 33.4. The largest absolute Gasteiger partial charge is 0.303 e. The molecule has 3 rings (SSSR count). The van der Waals surface area contributed by atoms with Crippen LogP contribution in [0.4, 0.5) is 0 Å². The van der Waals surface area contributed by atoms with Crippen LogP contribution in [0.15, 0.2) is 0 Å². The topological polar surface area (TPSA) is 42.3 Å². The average molecular weight is 276 g/mol. The maximum absolute atomic E-state index is 9.22. The Balaban J connectivity index is 1.43. The van der Waals surface area contributed by atoms with Crippen LogP contribution in [0.25, 0.3) is 0 Å². The van der Waals surface area contributed by atoms with Crippen LogP contribution >= 0.6 is 0 Å². The molecule has 2 heterocycles. The van der Waals surface area contributed by atoms with Crippen LogP contribution in [0.5, 0.6) is 0 Å². The van der Waals surface area contributed by atoms with E-state index in [2.05, 4.69) is 28.2 Å². The molecule has 1 N–H and O–H groups in total. The lowest BCUT2D eigenvalue weighted by Crippen LogP contribution is -2.53. The van der Waals surface area contributed by atoms with Crippen LogP contribution in [-0.2, 0) is 0 Å². The third-order valence-corrected chi connectivity index (χ3v) is 5.33. The first-order chi connectivity index (χ1) is 9.76. The van der Waals surface area contributed by atoms with E-state index in [9.17, 15) is 5.26 Å². The summed E-state index contributed by atoms with van der Waals surface area (Å²) in [6, 6.07) is 3.95. The summed E-state index contributed by atoms with van der Waals surface area (Å²) in [5, 5.41) is 12.7. The van der Waals surface area contributed by atoms with E-state index in [1.165, 1.54) is 51.7 Å². The lowest BCUT2D eigenvalue weighted by atomic mass is 9.84. The summed E-state index contributed by atoms with van der Waals surface area (Å²) in [5.41, 5.74) is 0. The van der Waals surface area contributed by atoms with Crippen molar-refractivity contribution in [1.29, 1.82) is 5.26 Å². The van der Waals surface area contributed by atoms with Crippen molar-refractivity contribution in [3.8, 4) is 6.07 Å². The number of fused-ring (bicyclic) bond motifs is 1. The minimum atomic E-state index is 0.0641. The number of nitrogens with one attached hydrogen (secondary N) is 1. The SMILES string of the molecule is CN1CCCC2CN(CCC(C#N)NC3CC3)CCC21. The molecule has 0 aromatic rings. The lowest BCUT2D eigenvalue weighted by Gasteiger charge is -2.46. The summed E-state index contributed by atoms with van der Waals surface area (Å²) in [6.07, 6.45) is 7.58. The minimum absolute atomic E-state index is 0.0641. The number of nitrogens with zero attached hydrogens (tertiary/aromatic N) is 3. The lowest BCUT2D eigenvalue weighted by molar-refractivity contribution is 0.0377. The van der Waals surface area contributed by atoms with Crippen molar-refractivity contribution in [2.45, 2.75) is 56.7 Å². The van der Waals surface area contributed by atoms with Crippen LogP contribution in [0, 0.1) is 17.2 Å². The van der Waals surface area contributed by atoms with Gasteiger partial charge in [0, 0.05) is 25.2 Å². The van der Waals surface area contributed by atoms with Crippen molar-refractivity contribution in [2.75, 3.05) is 33.2 Å². The zero-order chi connectivity index (χ0) is 13.9. The van der Waals surface area contributed by atoms with E-state index >= 15 is 0 Å². The molecule has 2 saturated heterocycles. The van der Waals surface area contributed by atoms with Crippen LogP contribution in [0.2, 0.25) is 0 Å². The molecule has 4 heteroatoms. The zero-order valence-corrected chi connectivity index (χ0v) is 12.7. The molecular weight excluding hydrogens is 248 g/mol. The Morgan fingerprint density at radius 3 is 2.85 bits per heavy atom. The number of hydrogen-bond donors (Lipinski definition) is 1. The summed E-state index contributed by atoms with van der Waals surface area (Å²) >= 11 is 0. The van der Waals surface area contributed by atoms with Gasteiger partial charge in [0.25, 0.3) is 0 Å². The molecule has 112 valence electrons. The molecule has 0 aromatic carbocycles. The Kier molecular flexibility index (Phi) is 4.60. The highest BCUT2D eigenvalue weighted by Crippen LogP contribution is 2.29. The molecule has 0 amide bonds. The zero-order valence-electron chi connectivity index (χ0n) is 12.7. The molecule has 3 fully saturated rings. The third kappa shape index (κ3) is 3.52. The van der Waals surface area contributed by atoms with Gasteiger partial charge in [-0.3, -0.25) is 5.32 Å². The van der Waals surface area contributed by atoms with Gasteiger partial charge in [-0.05, 0) is 64.6 Å². The summed E-state index contributed by atoms with van der Waals surface area (Å²) in [7, 11) is 2.29. The maximum Gasteiger partial charge on any atom is 0.0967 e. The van der Waals surface area contributed by atoms with Gasteiger partial charge in [0.1, 0.15) is 0 Å². The van der Waals surface area contributed by atoms with Gasteiger partial charge < -0.3 is 9.80 Å². The maximum atomic E-state index is 9.22. The minimum Gasteiger partial charge on any atom is -0.303 e. The smallest absolute Gasteiger partial charge is 0.0967 e. The molecule has 20 heavy (non-hydrogen) atoms. The number of hydrogen-bond acceptors (Lipinski definition) is 4. The van der Waals surface area contributed by atoms with E-state index in [0.29, 0.717) is 6.04 Å². The van der Waals surface area contributed by atoms with Gasteiger partial charge in [0.05, 0.1) is 12.1 Å². The highest BCUT2D eigenvalue weighted by molar-refractivity contribution is 4.97. The molecule has 0 spiro atoms. The van der Waals surface area contributed by atoms with E-state index in [0.717, 1.165) is 24.9 Å². The molecule has 1 aliphatic carbocycles. The highest BCUT2D eigenvalue weighted by atomic mass is 15.2. The first kappa shape index (κ1) is 14.3. The summed E-state index contributed by atoms with van der Waals surface area (Å²) in [4.78, 5) is 5.16. The van der Waals surface area contributed by atoms with Crippen molar-refractivity contribution in [2.24, 2.45) is 5.92 Å². The van der Waals surface area contributed by atoms with E-state index in [4.69, 9.17) is 0 Å². The van der Waals surface area contributed by atoms with E-state index < -0.39 is 0 Å². The average Bonchev–Trinajstić information content (AvgIpc) is 3.27. The molecule has 3 unspecified atom stereocenters. The fourth-order valence-electron chi connectivity index (χ4n) is 3.96. The number of piperidine rings is 2. The van der Waals surface area contributed by atoms with Crippen LogP contribution < -0.4 is 5.32 Å². The molecule has 0 aromatic heterocycles. The van der Waals surface area contributed by atoms with E-state index in [-0.39, 0.29) is 6.04 Å². The highest BCUT2D eigenvalue weighted by Gasteiger charge is 2.34. The van der Waals surface area contributed by atoms with Crippen molar-refractivity contribution in [1.82, 2.24) is 15.1 Å². The second-order valence-electron chi connectivity index (χ2n) is 6.95. The van der Waals surface area contributed by atoms with Gasteiger partial charge in [-0.1, -0.05) is 0 Å². The van der Waals surface area contributed by atoms with Gasteiger partial charge in [-0.25, -0.2) is 0 Å². The van der Waals surface area contributed by atoms with Crippen LogP contribution in [0.3, 0.4) is 0 Å². The number of nitriles is 1. The molecule has 2 aliphatic heterocycles. The predicted molar refractivity (Wildman–Crippen MR) is 80.4 cm³/mol. The van der Waals surface area contributed by atoms with Crippen molar-refractivity contribution < 1.29 is 0 Å². The molecule has 3 aliphatic rings. The van der Waals surface area contributed by atoms with Gasteiger partial charge in [0.2, 0.25) is 0 Å². The first-order valence-electron chi connectivity index (χ1n) is 8.34. The van der Waals surface area contributed by atoms with E-state index in [1.807, 2.05) is 0 Å². The number of likely N-dealkylation sites (tertiary alicyclic amines) is 2. The molecule has 1 saturated carbocycles. The number of rotatable bonds is 5. The van der Waals surface area contributed by atoms with Crippen molar-refractivity contribution >= 4 is 0 Å². The quantitative estimate of drug-likeness (QED) is 0.825. The van der Waals surface area contributed by atoms with Gasteiger partial charge in [-0.2, -0.15) is 5.26 Å². The Morgan fingerprint density at radius 2 is 2.10 bits per heavy atom. The van der Waals surface area contributed by atoms with Gasteiger partial charge in [0.15, 0.2) is 0 Å². The van der Waals surface area contributed by atoms with Crippen molar-refractivity contribution in [3.63, 3.8) is 0 Å². The Bertz CT molecular complexity index is 360. The third-order valence-electron chi connectivity index (χ3n) is 5.33. The second kappa shape index (κ2) is 6.43. The summed E-state index contributed by atoms with van der Waals surface area (Å²) in [5.74, 6) is 0.861. The predicted octanol–water partition coefficient (Wildman–Crippen LogP) is 1.44. The summed E-state index contributed by atoms with van der Waals surface area (Å²) < 4.78 is 0. The van der Waals surface area contributed by atoms with Crippen LogP contribution in [-0.4, -0.2) is 61.2 Å². The molecule has 4 nitrogen and oxygen atoms in total. The molecule has 3 atom stereocenters. The Labute approximate surface area is 123 Å². The second-order valence-corrected chi connectivity index (χ2v) is 6.95. The van der Waals surface area contributed by atoms with E-state index in [1.54, 1.807) is 0 Å². The Morgan fingerprint density at radius 1 is 1.25 bits per heavy atom. The van der Waals surface area contributed by atoms with Crippen LogP contribution in [0.1, 0.15) is 38.5 Å². The standard InChI is InChI=1S/C16H28N4/c1-19-8-2-3-13-12-20(10-7-16(13)19)9-6-15(11-17)18-14-4-5-14/h13-16,18H,2-10,12H2,1H3. The summed E-state index contributed by atoms with van der Waals surface area (Å²) in [6.45, 7) is 4.83. The molecular formula is C16H28N4. The first-order valence-corrected chi connectivity index (χ1v) is 8.34. The van der Waals surface area contributed by atoms with Gasteiger partial charge >= 0.3 is 0 Å². The Hall–Kier alpha value is -0.630. The molecule has 0 bridgehead atoms. The van der Waals surface area contributed by atoms with Crippen molar-refractivity contribution in [3.05, 3.63) is 0 Å². The fraction of sp³-hybridized carbons (Fsp3) is 0.938.